The van der Waals surface area contributed by atoms with E-state index in [1.807, 2.05) is 37.3 Å². The van der Waals surface area contributed by atoms with E-state index in [0.717, 1.165) is 29.0 Å². The first kappa shape index (κ1) is 17.8. The third kappa shape index (κ3) is 3.96. The molecular formula is C20H22N2O4. The van der Waals surface area contributed by atoms with Gasteiger partial charge in [0, 0.05) is 17.7 Å². The average molecular weight is 354 g/mol. The predicted molar refractivity (Wildman–Crippen MR) is 98.4 cm³/mol. The number of benzene rings is 2. The van der Waals surface area contributed by atoms with Crippen LogP contribution in [-0.4, -0.2) is 32.1 Å². The van der Waals surface area contributed by atoms with E-state index in [-0.39, 0.29) is 18.5 Å². The normalized spacial score (nSPS) is 15.4. The summed E-state index contributed by atoms with van der Waals surface area (Å²) in [5.74, 6) is 0.296. The number of rotatable bonds is 5. The van der Waals surface area contributed by atoms with Crippen LogP contribution in [0, 0.1) is 6.92 Å². The van der Waals surface area contributed by atoms with Gasteiger partial charge in [0.25, 0.3) is 0 Å². The monoisotopic (exact) mass is 354 g/mol. The second-order valence-electron chi connectivity index (χ2n) is 6.17. The van der Waals surface area contributed by atoms with Gasteiger partial charge in [0.15, 0.2) is 0 Å². The highest BCUT2D eigenvalue weighted by atomic mass is 16.5. The Hall–Kier alpha value is -3.02. The topological polar surface area (TPSA) is 76.7 Å². The lowest BCUT2D eigenvalue weighted by molar-refractivity contribution is -0.120. The van der Waals surface area contributed by atoms with Crippen molar-refractivity contribution in [2.45, 2.75) is 19.4 Å². The molecule has 1 atom stereocenters. The fraction of sp³-hybridized carbons (Fsp3) is 0.300. The molecule has 0 aliphatic carbocycles. The lowest BCUT2D eigenvalue weighted by atomic mass is 10.0. The second-order valence-corrected chi connectivity index (χ2v) is 6.17. The van der Waals surface area contributed by atoms with Gasteiger partial charge in [-0.15, -0.1) is 0 Å². The Labute approximate surface area is 152 Å². The number of methoxy groups -OCH3 is 1. The molecule has 1 aliphatic heterocycles. The molecule has 2 aromatic rings. The molecule has 136 valence electrons. The summed E-state index contributed by atoms with van der Waals surface area (Å²) in [4.78, 5) is 24.0. The van der Waals surface area contributed by atoms with Crippen molar-refractivity contribution < 1.29 is 19.1 Å². The Morgan fingerprint density at radius 3 is 2.85 bits per heavy atom. The van der Waals surface area contributed by atoms with E-state index in [2.05, 4.69) is 10.6 Å². The van der Waals surface area contributed by atoms with Gasteiger partial charge in [0.1, 0.15) is 5.75 Å². The molecule has 0 fully saturated rings. The maximum absolute atomic E-state index is 12.4. The highest BCUT2D eigenvalue weighted by Gasteiger charge is 2.22. The van der Waals surface area contributed by atoms with Gasteiger partial charge in [-0.1, -0.05) is 24.3 Å². The zero-order valence-electron chi connectivity index (χ0n) is 14.9. The molecule has 0 aromatic heterocycles. The minimum absolute atomic E-state index is 0.0586. The van der Waals surface area contributed by atoms with Crippen LogP contribution in [0.25, 0.3) is 0 Å². The van der Waals surface area contributed by atoms with E-state index < -0.39 is 5.97 Å². The Bertz CT molecular complexity index is 819. The van der Waals surface area contributed by atoms with Crippen LogP contribution in [0.2, 0.25) is 0 Å². The molecule has 1 heterocycles. The van der Waals surface area contributed by atoms with Crippen LogP contribution in [0.15, 0.2) is 42.5 Å². The lowest BCUT2D eigenvalue weighted by Crippen LogP contribution is -2.35. The van der Waals surface area contributed by atoms with E-state index >= 15 is 0 Å². The number of carbonyl (C=O) groups is 2. The van der Waals surface area contributed by atoms with Crippen molar-refractivity contribution in [1.82, 2.24) is 5.32 Å². The number of hydrogen-bond acceptors (Lipinski definition) is 5. The van der Waals surface area contributed by atoms with Crippen LogP contribution in [-0.2, 0) is 9.53 Å². The smallest absolute Gasteiger partial charge is 0.337 e. The summed E-state index contributed by atoms with van der Waals surface area (Å²) < 4.78 is 10.3. The van der Waals surface area contributed by atoms with Gasteiger partial charge in [-0.05, 0) is 30.7 Å². The first-order valence-corrected chi connectivity index (χ1v) is 8.52. The Balaban J connectivity index is 1.63. The van der Waals surface area contributed by atoms with Gasteiger partial charge < -0.3 is 20.1 Å². The maximum Gasteiger partial charge on any atom is 0.337 e. The van der Waals surface area contributed by atoms with Crippen molar-refractivity contribution in [2.75, 3.05) is 25.6 Å². The van der Waals surface area contributed by atoms with Gasteiger partial charge in [-0.25, -0.2) is 4.79 Å². The van der Waals surface area contributed by atoms with Gasteiger partial charge in [0.2, 0.25) is 5.91 Å². The molecule has 26 heavy (non-hydrogen) atoms. The summed E-state index contributed by atoms with van der Waals surface area (Å²) in [6.45, 7) is 2.61. The second kappa shape index (κ2) is 7.91. The number of anilines is 1. The number of carbonyl (C=O) groups excluding carboxylic acids is 2. The van der Waals surface area contributed by atoms with Gasteiger partial charge in [-0.2, -0.15) is 0 Å². The SMILES string of the molecule is COC(=O)c1ccc(C)c(NCC(=O)NC2CCOc3ccccc32)c1. The molecule has 3 rings (SSSR count). The first-order chi connectivity index (χ1) is 12.6. The fourth-order valence-electron chi connectivity index (χ4n) is 2.97. The first-order valence-electron chi connectivity index (χ1n) is 8.52. The number of para-hydroxylation sites is 1. The van der Waals surface area contributed by atoms with Crippen molar-refractivity contribution in [3.63, 3.8) is 0 Å². The molecule has 6 nitrogen and oxygen atoms in total. The molecule has 0 saturated heterocycles. The van der Waals surface area contributed by atoms with Crippen molar-refractivity contribution >= 4 is 17.6 Å². The van der Waals surface area contributed by atoms with Crippen LogP contribution in [0.3, 0.4) is 0 Å². The van der Waals surface area contributed by atoms with E-state index in [0.29, 0.717) is 12.2 Å². The summed E-state index contributed by atoms with van der Waals surface area (Å²) in [7, 11) is 1.34. The van der Waals surface area contributed by atoms with Crippen molar-refractivity contribution in [1.29, 1.82) is 0 Å². The Morgan fingerprint density at radius 1 is 1.23 bits per heavy atom. The lowest BCUT2D eigenvalue weighted by Gasteiger charge is -2.26. The number of aryl methyl sites for hydroxylation is 1. The minimum Gasteiger partial charge on any atom is -0.493 e. The average Bonchev–Trinajstić information content (AvgIpc) is 2.67. The molecule has 0 bridgehead atoms. The maximum atomic E-state index is 12.4. The van der Waals surface area contributed by atoms with Gasteiger partial charge in [-0.3, -0.25) is 4.79 Å². The van der Waals surface area contributed by atoms with E-state index in [4.69, 9.17) is 9.47 Å². The number of ether oxygens (including phenoxy) is 2. The van der Waals surface area contributed by atoms with Crippen molar-refractivity contribution in [3.8, 4) is 5.75 Å². The summed E-state index contributed by atoms with van der Waals surface area (Å²) in [5, 5.41) is 6.13. The van der Waals surface area contributed by atoms with E-state index in [1.54, 1.807) is 12.1 Å². The summed E-state index contributed by atoms with van der Waals surface area (Å²) in [6.07, 6.45) is 0.736. The third-order valence-corrected chi connectivity index (χ3v) is 4.39. The standard InChI is InChI=1S/C20H22N2O4/c1-13-7-8-14(20(24)25-2)11-17(13)21-12-19(23)22-16-9-10-26-18-6-4-3-5-15(16)18/h3-8,11,16,21H,9-10,12H2,1-2H3,(H,22,23). The quantitative estimate of drug-likeness (QED) is 0.808. The third-order valence-electron chi connectivity index (χ3n) is 4.39. The largest absolute Gasteiger partial charge is 0.493 e. The molecule has 1 aliphatic rings. The number of esters is 1. The van der Waals surface area contributed by atoms with E-state index in [1.165, 1.54) is 7.11 Å². The van der Waals surface area contributed by atoms with Crippen molar-refractivity contribution in [2.24, 2.45) is 0 Å². The van der Waals surface area contributed by atoms with Crippen LogP contribution in [0.5, 0.6) is 5.75 Å². The number of fused-ring (bicyclic) bond motifs is 1. The van der Waals surface area contributed by atoms with Gasteiger partial charge in [0.05, 0.1) is 31.9 Å². The van der Waals surface area contributed by atoms with Crippen molar-refractivity contribution in [3.05, 3.63) is 59.2 Å². The number of nitrogens with one attached hydrogen (secondary N) is 2. The molecular weight excluding hydrogens is 332 g/mol. The predicted octanol–water partition coefficient (Wildman–Crippen LogP) is 2.83. The molecule has 0 saturated carbocycles. The van der Waals surface area contributed by atoms with Crippen LogP contribution in [0.4, 0.5) is 5.69 Å². The Kier molecular flexibility index (Phi) is 5.41. The molecule has 2 N–H and O–H groups in total. The minimum atomic E-state index is -0.406. The van der Waals surface area contributed by atoms with E-state index in [9.17, 15) is 9.59 Å². The summed E-state index contributed by atoms with van der Waals surface area (Å²) in [6, 6.07) is 12.9. The zero-order chi connectivity index (χ0) is 18.5. The molecule has 6 heteroatoms. The highest BCUT2D eigenvalue weighted by molar-refractivity contribution is 5.91. The molecule has 1 amide bonds. The van der Waals surface area contributed by atoms with Crippen LogP contribution < -0.4 is 15.4 Å². The zero-order valence-corrected chi connectivity index (χ0v) is 14.9. The summed E-state index contributed by atoms with van der Waals surface area (Å²) >= 11 is 0. The van der Waals surface area contributed by atoms with Crippen LogP contribution >= 0.6 is 0 Å². The molecule has 0 radical (unpaired) electrons. The fourth-order valence-corrected chi connectivity index (χ4v) is 2.97. The van der Waals surface area contributed by atoms with Crippen LogP contribution in [0.1, 0.15) is 33.9 Å². The van der Waals surface area contributed by atoms with Gasteiger partial charge >= 0.3 is 5.97 Å². The molecule has 2 aromatic carbocycles. The Morgan fingerprint density at radius 2 is 2.04 bits per heavy atom. The number of amides is 1. The number of hydrogen-bond donors (Lipinski definition) is 2. The molecule has 0 spiro atoms. The summed E-state index contributed by atoms with van der Waals surface area (Å²) in [5.41, 5.74) is 3.12. The highest BCUT2D eigenvalue weighted by Crippen LogP contribution is 2.31. The molecule has 1 unspecified atom stereocenters.